The zero-order valence-corrected chi connectivity index (χ0v) is 17.4. The van der Waals surface area contributed by atoms with Gasteiger partial charge in [-0.25, -0.2) is 4.68 Å². The average Bonchev–Trinajstić information content (AvgIpc) is 3.31. The first kappa shape index (κ1) is 19.7. The monoisotopic (exact) mass is 424 g/mol. The van der Waals surface area contributed by atoms with Crippen LogP contribution in [0.25, 0.3) is 33.4 Å². The number of aromatic nitrogens is 4. The van der Waals surface area contributed by atoms with Crippen LogP contribution >= 0.6 is 0 Å². The van der Waals surface area contributed by atoms with E-state index in [1.807, 2.05) is 85.8 Å². The lowest BCUT2D eigenvalue weighted by molar-refractivity contribution is 0.340. The molecule has 0 fully saturated rings. The van der Waals surface area contributed by atoms with Crippen LogP contribution in [0.15, 0.2) is 88.2 Å². The molecule has 0 saturated heterocycles. The highest BCUT2D eigenvalue weighted by molar-refractivity contribution is 5.93. The first-order valence-electron chi connectivity index (χ1n) is 10.3. The largest absolute Gasteiger partial charge is 0.494 e. The molecule has 0 spiro atoms. The summed E-state index contributed by atoms with van der Waals surface area (Å²) in [5, 5.41) is 10.1. The van der Waals surface area contributed by atoms with Gasteiger partial charge in [0.05, 0.1) is 17.7 Å². The van der Waals surface area contributed by atoms with Crippen LogP contribution < -0.4 is 10.3 Å². The molecule has 7 heteroatoms. The Balaban J connectivity index is 1.51. The predicted molar refractivity (Wildman–Crippen MR) is 121 cm³/mol. The Hall–Kier alpha value is -4.26. The van der Waals surface area contributed by atoms with Gasteiger partial charge in [0, 0.05) is 16.5 Å². The minimum Gasteiger partial charge on any atom is -0.494 e. The van der Waals surface area contributed by atoms with E-state index >= 15 is 0 Å². The topological polar surface area (TPSA) is 83.0 Å². The SMILES string of the molecule is CCOc1ccc(-c2noc(Cn3nc(-c4ccccc4)c4ccccc4c3=O)n2)cc1. The molecular formula is C25H20N4O3. The van der Waals surface area contributed by atoms with Gasteiger partial charge in [0.15, 0.2) is 0 Å². The van der Waals surface area contributed by atoms with Gasteiger partial charge in [-0.2, -0.15) is 10.1 Å². The maximum atomic E-state index is 13.1. The molecule has 5 rings (SSSR count). The minimum atomic E-state index is -0.207. The standard InChI is InChI=1S/C25H20N4O3/c1-2-31-19-14-12-18(13-15-19)24-26-22(32-28-24)16-29-25(30)21-11-7-6-10-20(21)23(27-29)17-8-4-3-5-9-17/h3-15H,2,16H2,1H3. The van der Waals surface area contributed by atoms with Crippen molar-refractivity contribution in [3.05, 3.63) is 95.1 Å². The fourth-order valence-corrected chi connectivity index (χ4v) is 3.58. The van der Waals surface area contributed by atoms with Crippen molar-refractivity contribution in [2.24, 2.45) is 0 Å². The van der Waals surface area contributed by atoms with E-state index < -0.39 is 0 Å². The molecule has 5 aromatic rings. The van der Waals surface area contributed by atoms with Crippen LogP contribution in [0.1, 0.15) is 12.8 Å². The third-order valence-electron chi connectivity index (χ3n) is 5.09. The van der Waals surface area contributed by atoms with E-state index in [-0.39, 0.29) is 12.1 Å². The van der Waals surface area contributed by atoms with Gasteiger partial charge in [-0.3, -0.25) is 4.79 Å². The Kier molecular flexibility index (Phi) is 5.21. The molecule has 0 unspecified atom stereocenters. The third-order valence-corrected chi connectivity index (χ3v) is 5.09. The average molecular weight is 424 g/mol. The lowest BCUT2D eigenvalue weighted by atomic mass is 10.1. The first-order valence-corrected chi connectivity index (χ1v) is 10.3. The first-order chi connectivity index (χ1) is 15.7. The van der Waals surface area contributed by atoms with Crippen molar-refractivity contribution in [2.45, 2.75) is 13.5 Å². The molecule has 158 valence electrons. The van der Waals surface area contributed by atoms with Crippen LogP contribution in [-0.4, -0.2) is 26.5 Å². The second kappa shape index (κ2) is 8.47. The summed E-state index contributed by atoms with van der Waals surface area (Å²) in [5.41, 5.74) is 2.25. The van der Waals surface area contributed by atoms with E-state index in [9.17, 15) is 4.79 Å². The number of hydrogen-bond acceptors (Lipinski definition) is 6. The molecular weight excluding hydrogens is 404 g/mol. The van der Waals surface area contributed by atoms with Crippen molar-refractivity contribution in [1.29, 1.82) is 0 Å². The summed E-state index contributed by atoms with van der Waals surface area (Å²) in [7, 11) is 0. The lowest BCUT2D eigenvalue weighted by Gasteiger charge is -2.09. The van der Waals surface area contributed by atoms with Gasteiger partial charge in [0.1, 0.15) is 12.3 Å². The third kappa shape index (κ3) is 3.76. The van der Waals surface area contributed by atoms with Crippen molar-refractivity contribution in [3.8, 4) is 28.4 Å². The smallest absolute Gasteiger partial charge is 0.275 e. The van der Waals surface area contributed by atoms with Gasteiger partial charge in [-0.15, -0.1) is 0 Å². The van der Waals surface area contributed by atoms with Gasteiger partial charge >= 0.3 is 0 Å². The number of benzene rings is 3. The Morgan fingerprint density at radius 3 is 2.34 bits per heavy atom. The van der Waals surface area contributed by atoms with Crippen molar-refractivity contribution in [2.75, 3.05) is 6.61 Å². The van der Waals surface area contributed by atoms with Crippen LogP contribution in [0.2, 0.25) is 0 Å². The number of ether oxygens (including phenoxy) is 1. The molecule has 0 atom stereocenters. The summed E-state index contributed by atoms with van der Waals surface area (Å²) in [4.78, 5) is 17.5. The fraction of sp³-hybridized carbons (Fsp3) is 0.120. The van der Waals surface area contributed by atoms with Crippen LogP contribution in [0.5, 0.6) is 5.75 Å². The second-order valence-electron chi connectivity index (χ2n) is 7.19. The molecule has 7 nitrogen and oxygen atoms in total. The Morgan fingerprint density at radius 2 is 1.59 bits per heavy atom. The maximum absolute atomic E-state index is 13.1. The molecule has 0 N–H and O–H groups in total. The predicted octanol–water partition coefficient (Wildman–Crippen LogP) is 4.56. The molecule has 0 saturated carbocycles. The molecule has 0 radical (unpaired) electrons. The summed E-state index contributed by atoms with van der Waals surface area (Å²) >= 11 is 0. The summed E-state index contributed by atoms with van der Waals surface area (Å²) in [6.45, 7) is 2.61. The normalized spacial score (nSPS) is 11.0. The summed E-state index contributed by atoms with van der Waals surface area (Å²) < 4.78 is 12.3. The number of fused-ring (bicyclic) bond motifs is 1. The molecule has 32 heavy (non-hydrogen) atoms. The Bertz CT molecular complexity index is 1420. The molecule has 0 aliphatic heterocycles. The highest BCUT2D eigenvalue weighted by atomic mass is 16.5. The molecule has 2 aromatic heterocycles. The van der Waals surface area contributed by atoms with E-state index in [2.05, 4.69) is 15.2 Å². The van der Waals surface area contributed by atoms with Crippen molar-refractivity contribution >= 4 is 10.8 Å². The molecule has 3 aromatic carbocycles. The van der Waals surface area contributed by atoms with Crippen LogP contribution in [0.4, 0.5) is 0 Å². The Labute approximate surface area is 183 Å². The second-order valence-corrected chi connectivity index (χ2v) is 7.19. The van der Waals surface area contributed by atoms with Gasteiger partial charge in [0.2, 0.25) is 11.7 Å². The quantitative estimate of drug-likeness (QED) is 0.397. The number of rotatable bonds is 6. The van der Waals surface area contributed by atoms with Gasteiger partial charge in [-0.05, 0) is 37.3 Å². The van der Waals surface area contributed by atoms with E-state index in [1.54, 1.807) is 0 Å². The van der Waals surface area contributed by atoms with E-state index in [1.165, 1.54) is 4.68 Å². The molecule has 0 aliphatic rings. The van der Waals surface area contributed by atoms with Crippen molar-refractivity contribution in [1.82, 2.24) is 19.9 Å². The highest BCUT2D eigenvalue weighted by Gasteiger charge is 2.15. The van der Waals surface area contributed by atoms with E-state index in [0.29, 0.717) is 23.7 Å². The van der Waals surface area contributed by atoms with E-state index in [4.69, 9.17) is 9.26 Å². The summed E-state index contributed by atoms with van der Waals surface area (Å²) in [6.07, 6.45) is 0. The maximum Gasteiger partial charge on any atom is 0.275 e. The van der Waals surface area contributed by atoms with Gasteiger partial charge in [0.25, 0.3) is 5.56 Å². The van der Waals surface area contributed by atoms with Crippen molar-refractivity contribution < 1.29 is 9.26 Å². The molecule has 0 amide bonds. The summed E-state index contributed by atoms with van der Waals surface area (Å²) in [5.74, 6) is 1.53. The zero-order valence-electron chi connectivity index (χ0n) is 17.4. The van der Waals surface area contributed by atoms with Crippen LogP contribution in [0, 0.1) is 0 Å². The summed E-state index contributed by atoms with van der Waals surface area (Å²) in [6, 6.07) is 24.7. The lowest BCUT2D eigenvalue weighted by Crippen LogP contribution is -2.24. The molecule has 0 bridgehead atoms. The highest BCUT2D eigenvalue weighted by Crippen LogP contribution is 2.25. The molecule has 2 heterocycles. The van der Waals surface area contributed by atoms with Gasteiger partial charge < -0.3 is 9.26 Å². The minimum absolute atomic E-state index is 0.0769. The van der Waals surface area contributed by atoms with E-state index in [0.717, 1.165) is 28.0 Å². The molecule has 0 aliphatic carbocycles. The van der Waals surface area contributed by atoms with Crippen LogP contribution in [-0.2, 0) is 6.54 Å². The number of hydrogen-bond donors (Lipinski definition) is 0. The van der Waals surface area contributed by atoms with Gasteiger partial charge in [-0.1, -0.05) is 53.7 Å². The van der Waals surface area contributed by atoms with Crippen LogP contribution in [0.3, 0.4) is 0 Å². The zero-order chi connectivity index (χ0) is 21.9. The fourth-order valence-electron chi connectivity index (χ4n) is 3.58. The Morgan fingerprint density at radius 1 is 0.875 bits per heavy atom. The number of nitrogens with zero attached hydrogens (tertiary/aromatic N) is 4. The van der Waals surface area contributed by atoms with Crippen molar-refractivity contribution in [3.63, 3.8) is 0 Å².